The fraction of sp³-hybridized carbons (Fsp3) is 0.440. The lowest BCUT2D eigenvalue weighted by Gasteiger charge is -2.33. The highest BCUT2D eigenvalue weighted by Gasteiger charge is 2.21. The Kier molecular flexibility index (Phi) is 6.76. The molecule has 2 fully saturated rings. The van der Waals surface area contributed by atoms with E-state index in [0.29, 0.717) is 11.5 Å². The molecule has 1 amide bonds. The smallest absolute Gasteiger partial charge is 0.227 e. The van der Waals surface area contributed by atoms with Gasteiger partial charge in [0.25, 0.3) is 0 Å². The number of thiocarbonyl (C=S) groups is 1. The Labute approximate surface area is 190 Å². The van der Waals surface area contributed by atoms with Gasteiger partial charge in [0.1, 0.15) is 0 Å². The predicted octanol–water partition coefficient (Wildman–Crippen LogP) is 5.10. The van der Waals surface area contributed by atoms with Crippen LogP contribution >= 0.6 is 12.2 Å². The summed E-state index contributed by atoms with van der Waals surface area (Å²) < 4.78 is 0. The van der Waals surface area contributed by atoms with Crippen LogP contribution in [0.2, 0.25) is 0 Å². The topological polar surface area (TPSA) is 47.6 Å². The van der Waals surface area contributed by atoms with E-state index in [1.165, 1.54) is 24.1 Å². The maximum Gasteiger partial charge on any atom is 0.227 e. The first kappa shape index (κ1) is 21.6. The lowest BCUT2D eigenvalue weighted by Crippen LogP contribution is -2.34. The highest BCUT2D eigenvalue weighted by molar-refractivity contribution is 7.80. The van der Waals surface area contributed by atoms with Gasteiger partial charge in [-0.2, -0.15) is 0 Å². The Hall–Kier alpha value is -2.60. The lowest BCUT2D eigenvalue weighted by atomic mass is 9.99. The van der Waals surface area contributed by atoms with Gasteiger partial charge in [-0.25, -0.2) is 0 Å². The summed E-state index contributed by atoms with van der Waals surface area (Å²) in [5, 5.41) is 7.21. The number of anilines is 3. The molecule has 0 aromatic heterocycles. The summed E-state index contributed by atoms with van der Waals surface area (Å²) in [5.74, 6) is 0.968. The molecule has 6 heteroatoms. The number of rotatable bonds is 5. The molecule has 31 heavy (non-hydrogen) atoms. The first-order valence-electron chi connectivity index (χ1n) is 11.3. The Balaban J connectivity index is 1.30. The number of hydrogen-bond acceptors (Lipinski definition) is 3. The first-order chi connectivity index (χ1) is 15.0. The molecule has 2 aromatic carbocycles. The molecule has 5 nitrogen and oxygen atoms in total. The molecule has 2 heterocycles. The monoisotopic (exact) mass is 436 g/mol. The standard InChI is InChI=1S/C25H32N4OS/c1-18-5-3-15-28(17-18)22-11-7-20(8-12-22)19(2)26-25(31)27-21-9-13-23(14-10-21)29-16-4-6-24(29)30/h7-14,18-19H,3-6,15-17H2,1-2H3,(H2,26,27,31). The van der Waals surface area contributed by atoms with Crippen molar-refractivity contribution in [2.45, 2.75) is 45.6 Å². The van der Waals surface area contributed by atoms with Crippen molar-refractivity contribution in [3.05, 3.63) is 54.1 Å². The van der Waals surface area contributed by atoms with E-state index in [1.54, 1.807) is 0 Å². The second-order valence-corrected chi connectivity index (χ2v) is 9.21. The number of carbonyl (C=O) groups is 1. The van der Waals surface area contributed by atoms with Crippen LogP contribution < -0.4 is 20.4 Å². The van der Waals surface area contributed by atoms with Crippen LogP contribution in [-0.2, 0) is 4.79 Å². The van der Waals surface area contributed by atoms with Crippen molar-refractivity contribution < 1.29 is 4.79 Å². The Morgan fingerprint density at radius 3 is 2.39 bits per heavy atom. The number of carbonyl (C=O) groups excluding carboxylic acids is 1. The molecule has 2 unspecified atom stereocenters. The fourth-order valence-corrected chi connectivity index (χ4v) is 4.79. The van der Waals surface area contributed by atoms with E-state index in [-0.39, 0.29) is 11.9 Å². The quantitative estimate of drug-likeness (QED) is 0.639. The van der Waals surface area contributed by atoms with E-state index >= 15 is 0 Å². The zero-order valence-electron chi connectivity index (χ0n) is 18.4. The third kappa shape index (κ3) is 5.37. The van der Waals surface area contributed by atoms with E-state index < -0.39 is 0 Å². The van der Waals surface area contributed by atoms with Crippen molar-refractivity contribution in [3.63, 3.8) is 0 Å². The van der Waals surface area contributed by atoms with Gasteiger partial charge in [-0.3, -0.25) is 4.79 Å². The maximum atomic E-state index is 11.9. The molecular weight excluding hydrogens is 404 g/mol. The van der Waals surface area contributed by atoms with Crippen LogP contribution in [0.5, 0.6) is 0 Å². The maximum absolute atomic E-state index is 11.9. The van der Waals surface area contributed by atoms with E-state index in [0.717, 1.165) is 43.3 Å². The molecule has 2 aliphatic rings. The van der Waals surface area contributed by atoms with Crippen molar-refractivity contribution in [3.8, 4) is 0 Å². The molecule has 2 aliphatic heterocycles. The molecule has 2 atom stereocenters. The van der Waals surface area contributed by atoms with Gasteiger partial charge in [0, 0.05) is 43.1 Å². The fourth-order valence-electron chi connectivity index (χ4n) is 4.49. The van der Waals surface area contributed by atoms with Gasteiger partial charge in [-0.15, -0.1) is 0 Å². The Morgan fingerprint density at radius 2 is 1.74 bits per heavy atom. The van der Waals surface area contributed by atoms with Crippen LogP contribution in [0.15, 0.2) is 48.5 Å². The normalized spacial score (nSPS) is 19.9. The molecule has 2 N–H and O–H groups in total. The molecule has 0 bridgehead atoms. The van der Waals surface area contributed by atoms with Gasteiger partial charge in [-0.05, 0) is 86.3 Å². The van der Waals surface area contributed by atoms with Crippen LogP contribution in [0.3, 0.4) is 0 Å². The third-order valence-corrected chi connectivity index (χ3v) is 6.49. The molecule has 0 saturated carbocycles. The number of hydrogen-bond donors (Lipinski definition) is 2. The summed E-state index contributed by atoms with van der Waals surface area (Å²) in [4.78, 5) is 16.2. The summed E-state index contributed by atoms with van der Waals surface area (Å²) in [5.41, 5.74) is 4.37. The SMILES string of the molecule is CC1CCCN(c2ccc(C(C)NC(=S)Nc3ccc(N4CCCC4=O)cc3)cc2)C1. The summed E-state index contributed by atoms with van der Waals surface area (Å²) in [6.07, 6.45) is 4.18. The molecule has 164 valence electrons. The van der Waals surface area contributed by atoms with Gasteiger partial charge >= 0.3 is 0 Å². The minimum Gasteiger partial charge on any atom is -0.371 e. The van der Waals surface area contributed by atoms with E-state index in [2.05, 4.69) is 53.6 Å². The van der Waals surface area contributed by atoms with Gasteiger partial charge in [0.05, 0.1) is 6.04 Å². The van der Waals surface area contributed by atoms with Crippen LogP contribution in [0.1, 0.15) is 51.1 Å². The van der Waals surface area contributed by atoms with Gasteiger partial charge in [-0.1, -0.05) is 19.1 Å². The third-order valence-electron chi connectivity index (χ3n) is 6.27. The molecule has 4 rings (SSSR count). The zero-order chi connectivity index (χ0) is 21.8. The lowest BCUT2D eigenvalue weighted by molar-refractivity contribution is -0.117. The number of nitrogens with one attached hydrogen (secondary N) is 2. The van der Waals surface area contributed by atoms with Crippen molar-refractivity contribution in [1.82, 2.24) is 5.32 Å². The average molecular weight is 437 g/mol. The molecule has 0 aliphatic carbocycles. The van der Waals surface area contributed by atoms with Gasteiger partial charge in [0.15, 0.2) is 5.11 Å². The Bertz CT molecular complexity index is 912. The van der Waals surface area contributed by atoms with Crippen molar-refractivity contribution in [2.75, 3.05) is 34.8 Å². The Morgan fingerprint density at radius 1 is 1.03 bits per heavy atom. The summed E-state index contributed by atoms with van der Waals surface area (Å²) >= 11 is 5.52. The summed E-state index contributed by atoms with van der Waals surface area (Å²) in [6, 6.07) is 16.8. The number of benzene rings is 2. The number of nitrogens with zero attached hydrogens (tertiary/aromatic N) is 2. The largest absolute Gasteiger partial charge is 0.371 e. The molecule has 0 radical (unpaired) electrons. The van der Waals surface area contributed by atoms with Crippen molar-refractivity contribution in [1.29, 1.82) is 0 Å². The number of amides is 1. The molecule has 0 spiro atoms. The van der Waals surface area contributed by atoms with Gasteiger partial charge < -0.3 is 20.4 Å². The minimum atomic E-state index is 0.107. The second kappa shape index (κ2) is 9.69. The van der Waals surface area contributed by atoms with Crippen LogP contribution in [0.4, 0.5) is 17.1 Å². The highest BCUT2D eigenvalue weighted by Crippen LogP contribution is 2.25. The molecule has 2 saturated heterocycles. The predicted molar refractivity (Wildman–Crippen MR) is 133 cm³/mol. The zero-order valence-corrected chi connectivity index (χ0v) is 19.3. The van der Waals surface area contributed by atoms with E-state index in [4.69, 9.17) is 12.2 Å². The van der Waals surface area contributed by atoms with Crippen molar-refractivity contribution in [2.24, 2.45) is 5.92 Å². The van der Waals surface area contributed by atoms with Gasteiger partial charge in [0.2, 0.25) is 5.91 Å². The molecule has 2 aromatic rings. The summed E-state index contributed by atoms with van der Waals surface area (Å²) in [6.45, 7) is 7.55. The minimum absolute atomic E-state index is 0.107. The van der Waals surface area contributed by atoms with Crippen LogP contribution in [0.25, 0.3) is 0 Å². The van der Waals surface area contributed by atoms with Crippen molar-refractivity contribution >= 4 is 40.3 Å². The summed E-state index contributed by atoms with van der Waals surface area (Å²) in [7, 11) is 0. The van der Waals surface area contributed by atoms with E-state index in [9.17, 15) is 4.79 Å². The van der Waals surface area contributed by atoms with E-state index in [1.807, 2.05) is 29.2 Å². The highest BCUT2D eigenvalue weighted by atomic mass is 32.1. The average Bonchev–Trinajstić information content (AvgIpc) is 3.20. The van der Waals surface area contributed by atoms with Crippen LogP contribution in [-0.4, -0.2) is 30.7 Å². The van der Waals surface area contributed by atoms with Crippen LogP contribution in [0, 0.1) is 5.92 Å². The second-order valence-electron chi connectivity index (χ2n) is 8.80. The molecular formula is C25H32N4OS. The number of piperidine rings is 1. The first-order valence-corrected chi connectivity index (χ1v) is 11.7.